The van der Waals surface area contributed by atoms with E-state index in [4.69, 9.17) is 10.5 Å². The van der Waals surface area contributed by atoms with Gasteiger partial charge >= 0.3 is 6.09 Å². The molecule has 27 heavy (non-hydrogen) atoms. The fourth-order valence-corrected chi connectivity index (χ4v) is 2.83. The molecule has 2 aromatic rings. The molecule has 146 valence electrons. The number of hydrogen-bond acceptors (Lipinski definition) is 3. The summed E-state index contributed by atoms with van der Waals surface area (Å²) in [6, 6.07) is 16.4. The number of amides is 1. The lowest BCUT2D eigenvalue weighted by Gasteiger charge is -2.23. The Morgan fingerprint density at radius 3 is 1.89 bits per heavy atom. The second-order valence-corrected chi connectivity index (χ2v) is 7.31. The minimum absolute atomic E-state index is 0.102. The number of benzene rings is 2. The predicted octanol–water partition coefficient (Wildman–Crippen LogP) is 4.96. The largest absolute Gasteiger partial charge is 0.448 e. The zero-order chi connectivity index (χ0) is 19.6. The number of ether oxygens (including phenoxy) is 1. The van der Waals surface area contributed by atoms with E-state index < -0.39 is 0 Å². The molecule has 0 heterocycles. The van der Waals surface area contributed by atoms with Crippen molar-refractivity contribution >= 4 is 6.09 Å². The Hall–Kier alpha value is -2.33. The molecule has 4 heteroatoms. The molecule has 1 unspecified atom stereocenters. The van der Waals surface area contributed by atoms with E-state index in [0.717, 1.165) is 30.4 Å². The molecular weight excluding hydrogens is 336 g/mol. The molecule has 1 amide bonds. The van der Waals surface area contributed by atoms with E-state index in [2.05, 4.69) is 69.3 Å². The Labute approximate surface area is 163 Å². The van der Waals surface area contributed by atoms with Gasteiger partial charge in [-0.2, -0.15) is 0 Å². The number of unbranched alkanes of at least 4 members (excludes halogenated alkanes) is 1. The molecule has 0 saturated carbocycles. The molecule has 0 aliphatic heterocycles. The van der Waals surface area contributed by atoms with Gasteiger partial charge in [0.05, 0.1) is 0 Å². The van der Waals surface area contributed by atoms with E-state index >= 15 is 0 Å². The monoisotopic (exact) mass is 368 g/mol. The van der Waals surface area contributed by atoms with Gasteiger partial charge in [0.2, 0.25) is 0 Å². The first kappa shape index (κ1) is 21.0. The Kier molecular flexibility index (Phi) is 8.34. The van der Waals surface area contributed by atoms with Gasteiger partial charge in [0.25, 0.3) is 0 Å². The van der Waals surface area contributed by atoms with Gasteiger partial charge in [0, 0.05) is 19.1 Å². The molecule has 0 fully saturated rings. The Bertz CT molecular complexity index is 648. The van der Waals surface area contributed by atoms with Gasteiger partial charge in [-0.3, -0.25) is 4.90 Å². The third kappa shape index (κ3) is 7.43. The van der Waals surface area contributed by atoms with Crippen molar-refractivity contribution in [3.05, 3.63) is 70.8 Å². The van der Waals surface area contributed by atoms with Crippen LogP contribution in [0.2, 0.25) is 0 Å². The molecule has 0 aliphatic rings. The highest BCUT2D eigenvalue weighted by atomic mass is 16.6. The zero-order valence-electron chi connectivity index (χ0n) is 16.8. The van der Waals surface area contributed by atoms with E-state index in [9.17, 15) is 4.79 Å². The summed E-state index contributed by atoms with van der Waals surface area (Å²) in [6.07, 6.45) is 2.70. The van der Waals surface area contributed by atoms with Gasteiger partial charge in [0.1, 0.15) is 6.61 Å². The van der Waals surface area contributed by atoms with Gasteiger partial charge in [-0.1, -0.05) is 79.4 Å². The number of nitrogens with zero attached hydrogens (tertiary/aromatic N) is 1. The fraction of sp³-hybridized carbons (Fsp3) is 0.435. The maximum atomic E-state index is 12.7. The zero-order valence-corrected chi connectivity index (χ0v) is 16.8. The van der Waals surface area contributed by atoms with Crippen LogP contribution >= 0.6 is 0 Å². The lowest BCUT2D eigenvalue weighted by molar-refractivity contribution is 0.0907. The van der Waals surface area contributed by atoms with Gasteiger partial charge in [0.15, 0.2) is 0 Å². The number of rotatable bonds is 9. The van der Waals surface area contributed by atoms with Crippen LogP contribution in [0.4, 0.5) is 4.79 Å². The molecule has 0 radical (unpaired) electrons. The Morgan fingerprint density at radius 2 is 1.44 bits per heavy atom. The first-order chi connectivity index (χ1) is 13.0. The lowest BCUT2D eigenvalue weighted by atomic mass is 10.1. The molecule has 0 aromatic heterocycles. The van der Waals surface area contributed by atoms with E-state index in [1.807, 2.05) is 0 Å². The van der Waals surface area contributed by atoms with Gasteiger partial charge in [-0.05, 0) is 31.4 Å². The average molecular weight is 369 g/mol. The number of carbonyl (C=O) groups excluding carboxylic acids is 1. The maximum Gasteiger partial charge on any atom is 0.410 e. The van der Waals surface area contributed by atoms with Gasteiger partial charge in [-0.15, -0.1) is 0 Å². The average Bonchev–Trinajstić information content (AvgIpc) is 2.67. The van der Waals surface area contributed by atoms with Crippen LogP contribution in [0.3, 0.4) is 0 Å². The van der Waals surface area contributed by atoms with Crippen molar-refractivity contribution in [3.8, 4) is 0 Å². The van der Waals surface area contributed by atoms with Crippen molar-refractivity contribution in [2.45, 2.75) is 59.2 Å². The van der Waals surface area contributed by atoms with E-state index in [0.29, 0.717) is 13.1 Å². The predicted molar refractivity (Wildman–Crippen MR) is 110 cm³/mol. The van der Waals surface area contributed by atoms with E-state index in [1.165, 1.54) is 11.1 Å². The SMILES string of the molecule is CCCCC(N)COC(=O)N(Cc1ccc(C)cc1)Cc1ccc(C)cc1. The molecule has 1 atom stereocenters. The molecule has 2 rings (SSSR count). The molecule has 0 saturated heterocycles. The first-order valence-corrected chi connectivity index (χ1v) is 9.76. The summed E-state index contributed by atoms with van der Waals surface area (Å²) in [5.41, 5.74) is 10.6. The summed E-state index contributed by atoms with van der Waals surface area (Å²) in [5.74, 6) is 0. The quantitative estimate of drug-likeness (QED) is 0.680. The molecule has 0 bridgehead atoms. The Balaban J connectivity index is 2.04. The third-order valence-electron chi connectivity index (χ3n) is 4.60. The minimum Gasteiger partial charge on any atom is -0.448 e. The van der Waals surface area contributed by atoms with E-state index in [1.54, 1.807) is 4.90 Å². The van der Waals surface area contributed by atoms with Crippen molar-refractivity contribution in [2.75, 3.05) is 6.61 Å². The van der Waals surface area contributed by atoms with Crippen LogP contribution in [0, 0.1) is 13.8 Å². The van der Waals surface area contributed by atoms with Crippen molar-refractivity contribution in [1.82, 2.24) is 4.90 Å². The molecule has 2 N–H and O–H groups in total. The van der Waals surface area contributed by atoms with Crippen LogP contribution < -0.4 is 5.73 Å². The summed E-state index contributed by atoms with van der Waals surface area (Å²) < 4.78 is 5.52. The van der Waals surface area contributed by atoms with E-state index in [-0.39, 0.29) is 18.7 Å². The Morgan fingerprint density at radius 1 is 0.963 bits per heavy atom. The summed E-state index contributed by atoms with van der Waals surface area (Å²) >= 11 is 0. The molecule has 0 spiro atoms. The second kappa shape index (κ2) is 10.7. The van der Waals surface area contributed by atoms with Crippen molar-refractivity contribution in [1.29, 1.82) is 0 Å². The first-order valence-electron chi connectivity index (χ1n) is 9.76. The molecule has 4 nitrogen and oxygen atoms in total. The third-order valence-corrected chi connectivity index (χ3v) is 4.60. The van der Waals surface area contributed by atoms with Gasteiger partial charge in [-0.25, -0.2) is 4.79 Å². The van der Waals surface area contributed by atoms with Crippen LogP contribution in [0.1, 0.15) is 48.4 Å². The summed E-state index contributed by atoms with van der Waals surface area (Å²) in [4.78, 5) is 14.5. The topological polar surface area (TPSA) is 55.6 Å². The van der Waals surface area contributed by atoms with Crippen LogP contribution in [0.15, 0.2) is 48.5 Å². The number of nitrogens with two attached hydrogens (primary N) is 1. The van der Waals surface area contributed by atoms with Gasteiger partial charge < -0.3 is 10.5 Å². The smallest absolute Gasteiger partial charge is 0.410 e. The van der Waals surface area contributed by atoms with Crippen molar-refractivity contribution in [3.63, 3.8) is 0 Å². The minimum atomic E-state index is -0.317. The molecule has 0 aliphatic carbocycles. The van der Waals surface area contributed by atoms with Crippen LogP contribution in [0.25, 0.3) is 0 Å². The van der Waals surface area contributed by atoms with Crippen LogP contribution in [-0.2, 0) is 17.8 Å². The van der Waals surface area contributed by atoms with Crippen molar-refractivity contribution in [2.24, 2.45) is 5.73 Å². The second-order valence-electron chi connectivity index (χ2n) is 7.31. The summed E-state index contributed by atoms with van der Waals surface area (Å²) in [7, 11) is 0. The molecular formula is C23H32N2O2. The van der Waals surface area contributed by atoms with Crippen molar-refractivity contribution < 1.29 is 9.53 Å². The fourth-order valence-electron chi connectivity index (χ4n) is 2.83. The normalized spacial score (nSPS) is 11.9. The van der Waals surface area contributed by atoms with Crippen LogP contribution in [0.5, 0.6) is 0 Å². The van der Waals surface area contributed by atoms with Crippen LogP contribution in [-0.4, -0.2) is 23.6 Å². The summed E-state index contributed by atoms with van der Waals surface area (Å²) in [6.45, 7) is 7.52. The lowest BCUT2D eigenvalue weighted by Crippen LogP contribution is -2.35. The number of carbonyl (C=O) groups is 1. The maximum absolute atomic E-state index is 12.7. The highest BCUT2D eigenvalue weighted by Crippen LogP contribution is 2.14. The molecule has 2 aromatic carbocycles. The standard InChI is InChI=1S/C23H32N2O2/c1-4-5-6-22(24)17-27-23(26)25(15-20-11-7-18(2)8-12-20)16-21-13-9-19(3)10-14-21/h7-14,22H,4-6,15-17,24H2,1-3H3. The highest BCUT2D eigenvalue weighted by molar-refractivity contribution is 5.67. The number of aryl methyl sites for hydroxylation is 2. The number of hydrogen-bond donors (Lipinski definition) is 1. The highest BCUT2D eigenvalue weighted by Gasteiger charge is 2.17. The summed E-state index contributed by atoms with van der Waals surface area (Å²) in [5, 5.41) is 0.